The van der Waals surface area contributed by atoms with Gasteiger partial charge >= 0.3 is 0 Å². The summed E-state index contributed by atoms with van der Waals surface area (Å²) >= 11 is 3.50. The Hall–Kier alpha value is -1.07. The fourth-order valence-corrected chi connectivity index (χ4v) is 4.96. The molecule has 0 aliphatic heterocycles. The third-order valence-electron chi connectivity index (χ3n) is 6.23. The van der Waals surface area contributed by atoms with Crippen LogP contribution in [0.25, 0.3) is 6.08 Å². The van der Waals surface area contributed by atoms with E-state index in [1.165, 1.54) is 51.4 Å². The van der Waals surface area contributed by atoms with Gasteiger partial charge in [-0.15, -0.1) is 0 Å². The van der Waals surface area contributed by atoms with Gasteiger partial charge in [0.05, 0.1) is 11.6 Å². The van der Waals surface area contributed by atoms with Crippen molar-refractivity contribution in [3.63, 3.8) is 0 Å². The van der Waals surface area contributed by atoms with Gasteiger partial charge in [-0.2, -0.15) is 5.26 Å². The predicted octanol–water partition coefficient (Wildman–Crippen LogP) is 6.97. The molecule has 0 N–H and O–H groups in total. The molecule has 1 aromatic rings. The van der Waals surface area contributed by atoms with Crippen LogP contribution in [0.3, 0.4) is 0 Å². The van der Waals surface area contributed by atoms with Crippen molar-refractivity contribution in [3.8, 4) is 6.07 Å². The van der Waals surface area contributed by atoms with E-state index >= 15 is 0 Å². The Kier molecular flexibility index (Phi) is 6.17. The Morgan fingerprint density at radius 1 is 1.00 bits per heavy atom. The van der Waals surface area contributed by atoms with Crippen LogP contribution in [-0.2, 0) is 0 Å². The second-order valence-corrected chi connectivity index (χ2v) is 8.81. The lowest BCUT2D eigenvalue weighted by Crippen LogP contribution is -2.24. The number of hydrogen-bond donors (Lipinski definition) is 0. The molecule has 3 rings (SSSR count). The van der Waals surface area contributed by atoms with E-state index in [2.05, 4.69) is 41.1 Å². The first-order valence-electron chi connectivity index (χ1n) is 9.53. The van der Waals surface area contributed by atoms with Crippen LogP contribution >= 0.6 is 15.9 Å². The van der Waals surface area contributed by atoms with E-state index in [0.717, 1.165) is 33.4 Å². The molecule has 128 valence electrons. The zero-order valence-electron chi connectivity index (χ0n) is 14.7. The van der Waals surface area contributed by atoms with E-state index < -0.39 is 0 Å². The number of halogens is 1. The van der Waals surface area contributed by atoms with Crippen molar-refractivity contribution in [1.82, 2.24) is 0 Å². The highest BCUT2D eigenvalue weighted by Crippen LogP contribution is 2.41. The summed E-state index contributed by atoms with van der Waals surface area (Å²) in [5.41, 5.74) is 1.80. The van der Waals surface area contributed by atoms with Crippen LogP contribution in [0, 0.1) is 35.0 Å². The highest BCUT2D eigenvalue weighted by atomic mass is 79.9. The molecule has 0 spiro atoms. The summed E-state index contributed by atoms with van der Waals surface area (Å²) in [7, 11) is 0. The van der Waals surface area contributed by atoms with Crippen molar-refractivity contribution in [2.24, 2.45) is 23.7 Å². The van der Waals surface area contributed by atoms with Gasteiger partial charge in [-0.05, 0) is 86.0 Å². The molecule has 2 aliphatic rings. The summed E-state index contributed by atoms with van der Waals surface area (Å²) in [5.74, 6) is 3.62. The quantitative estimate of drug-likeness (QED) is 0.550. The van der Waals surface area contributed by atoms with E-state index in [-0.39, 0.29) is 0 Å². The van der Waals surface area contributed by atoms with Crippen LogP contribution in [-0.4, -0.2) is 0 Å². The predicted molar refractivity (Wildman–Crippen MR) is 104 cm³/mol. The molecule has 2 saturated carbocycles. The van der Waals surface area contributed by atoms with Crippen molar-refractivity contribution in [3.05, 3.63) is 39.9 Å². The third kappa shape index (κ3) is 4.51. The van der Waals surface area contributed by atoms with Crippen LogP contribution < -0.4 is 0 Å². The molecule has 0 amide bonds. The number of benzene rings is 1. The number of nitrogens with zero attached hydrogens (tertiary/aromatic N) is 1. The number of allylic oxidation sites excluding steroid dienone is 1. The van der Waals surface area contributed by atoms with Crippen molar-refractivity contribution in [2.45, 2.75) is 58.3 Å². The SMILES string of the molecule is CC1CCC(C2CCC(/C=C/c3cc(Br)ccc3C#N)CC2)CC1. The van der Waals surface area contributed by atoms with Crippen molar-refractivity contribution in [1.29, 1.82) is 5.26 Å². The number of hydrogen-bond acceptors (Lipinski definition) is 1. The van der Waals surface area contributed by atoms with E-state index in [9.17, 15) is 5.26 Å². The topological polar surface area (TPSA) is 23.8 Å². The fraction of sp³-hybridized carbons (Fsp3) is 0.591. The molecule has 0 atom stereocenters. The Bertz CT molecular complexity index is 611. The Balaban J connectivity index is 1.54. The zero-order valence-corrected chi connectivity index (χ0v) is 16.3. The summed E-state index contributed by atoms with van der Waals surface area (Å²) < 4.78 is 1.04. The van der Waals surface area contributed by atoms with Crippen LogP contribution in [0.5, 0.6) is 0 Å². The number of nitriles is 1. The maximum absolute atomic E-state index is 9.24. The van der Waals surface area contributed by atoms with Crippen LogP contribution in [0.1, 0.15) is 69.4 Å². The molecule has 0 bridgehead atoms. The van der Waals surface area contributed by atoms with Gasteiger partial charge in [-0.3, -0.25) is 0 Å². The van der Waals surface area contributed by atoms with Gasteiger partial charge in [-0.25, -0.2) is 0 Å². The first kappa shape index (κ1) is 17.7. The van der Waals surface area contributed by atoms with Gasteiger partial charge in [0.25, 0.3) is 0 Å². The molecular weight excluding hydrogens is 358 g/mol. The molecule has 0 saturated heterocycles. The molecular formula is C22H28BrN. The first-order chi connectivity index (χ1) is 11.7. The molecule has 0 radical (unpaired) electrons. The minimum atomic E-state index is 0.689. The van der Waals surface area contributed by atoms with Gasteiger partial charge < -0.3 is 0 Å². The highest BCUT2D eigenvalue weighted by molar-refractivity contribution is 9.10. The zero-order chi connectivity index (χ0) is 16.9. The average molecular weight is 386 g/mol. The summed E-state index contributed by atoms with van der Waals surface area (Å²) in [4.78, 5) is 0. The summed E-state index contributed by atoms with van der Waals surface area (Å²) in [5, 5.41) is 9.24. The van der Waals surface area contributed by atoms with Gasteiger partial charge in [-0.1, -0.05) is 47.8 Å². The molecule has 0 aromatic heterocycles. The number of rotatable bonds is 3. The van der Waals surface area contributed by atoms with Crippen molar-refractivity contribution in [2.75, 3.05) is 0 Å². The van der Waals surface area contributed by atoms with Crippen molar-refractivity contribution < 1.29 is 0 Å². The lowest BCUT2D eigenvalue weighted by Gasteiger charge is -2.36. The summed E-state index contributed by atoms with van der Waals surface area (Å²) in [6, 6.07) is 8.17. The van der Waals surface area contributed by atoms with E-state index in [1.54, 1.807) is 0 Å². The smallest absolute Gasteiger partial charge is 0.0997 e. The minimum absolute atomic E-state index is 0.689. The van der Waals surface area contributed by atoms with Gasteiger partial charge in [0.1, 0.15) is 0 Å². The molecule has 2 fully saturated rings. The van der Waals surface area contributed by atoms with Gasteiger partial charge in [0.2, 0.25) is 0 Å². The molecule has 2 aliphatic carbocycles. The molecule has 0 unspecified atom stereocenters. The molecule has 0 heterocycles. The van der Waals surface area contributed by atoms with E-state index in [0.29, 0.717) is 5.92 Å². The second kappa shape index (κ2) is 8.34. The molecule has 1 nitrogen and oxygen atoms in total. The molecule has 1 aromatic carbocycles. The first-order valence-corrected chi connectivity index (χ1v) is 10.3. The van der Waals surface area contributed by atoms with Gasteiger partial charge in [0.15, 0.2) is 0 Å². The largest absolute Gasteiger partial charge is 0.192 e. The fourth-order valence-electron chi connectivity index (χ4n) is 4.58. The molecule has 24 heavy (non-hydrogen) atoms. The average Bonchev–Trinajstić information content (AvgIpc) is 2.61. The van der Waals surface area contributed by atoms with E-state index in [4.69, 9.17) is 0 Å². The highest BCUT2D eigenvalue weighted by Gasteiger charge is 2.29. The Labute approximate surface area is 155 Å². The normalized spacial score (nSPS) is 31.0. The minimum Gasteiger partial charge on any atom is -0.192 e. The maximum atomic E-state index is 9.24. The lowest BCUT2D eigenvalue weighted by molar-refractivity contribution is 0.160. The maximum Gasteiger partial charge on any atom is 0.0997 e. The molecule has 2 heteroatoms. The standard InChI is InChI=1S/C22H28BrN/c1-16-2-7-18(8-3-16)19-9-4-17(5-10-19)6-11-20-14-22(23)13-12-21(20)15-24/h6,11-14,16-19H,2-5,7-10H2,1H3/b11-6+. The van der Waals surface area contributed by atoms with Crippen LogP contribution in [0.4, 0.5) is 0 Å². The van der Waals surface area contributed by atoms with Crippen LogP contribution in [0.15, 0.2) is 28.7 Å². The monoisotopic (exact) mass is 385 g/mol. The second-order valence-electron chi connectivity index (χ2n) is 7.90. The third-order valence-corrected chi connectivity index (χ3v) is 6.72. The Morgan fingerprint density at radius 2 is 1.62 bits per heavy atom. The summed E-state index contributed by atoms with van der Waals surface area (Å²) in [6.45, 7) is 2.41. The van der Waals surface area contributed by atoms with Gasteiger partial charge in [0, 0.05) is 4.47 Å². The van der Waals surface area contributed by atoms with Crippen LogP contribution in [0.2, 0.25) is 0 Å². The van der Waals surface area contributed by atoms with E-state index in [1.807, 2.05) is 18.2 Å². The summed E-state index contributed by atoms with van der Waals surface area (Å²) in [6.07, 6.45) is 15.8. The lowest BCUT2D eigenvalue weighted by atomic mass is 9.69. The van der Waals surface area contributed by atoms with Crippen molar-refractivity contribution >= 4 is 22.0 Å². The Morgan fingerprint density at radius 3 is 2.25 bits per heavy atom.